The Bertz CT molecular complexity index is 487. The van der Waals surface area contributed by atoms with Gasteiger partial charge in [-0.05, 0) is 47.5 Å². The molecule has 102 valence electrons. The second-order valence-corrected chi connectivity index (χ2v) is 5.34. The van der Waals surface area contributed by atoms with Crippen molar-refractivity contribution in [3.8, 4) is 6.07 Å². The molecule has 0 aliphatic heterocycles. The van der Waals surface area contributed by atoms with Gasteiger partial charge in [0, 0.05) is 23.9 Å². The van der Waals surface area contributed by atoms with E-state index >= 15 is 0 Å². The van der Waals surface area contributed by atoms with Crippen LogP contribution in [0.25, 0.3) is 0 Å². The van der Waals surface area contributed by atoms with Crippen molar-refractivity contribution >= 4 is 21.6 Å². The number of anilines is 1. The number of nitrogens with zero attached hydrogens (tertiary/aromatic N) is 1. The molecule has 0 spiro atoms. The smallest absolute Gasteiger partial charge is 0.103 e. The highest BCUT2D eigenvalue weighted by atomic mass is 79.9. The van der Waals surface area contributed by atoms with Crippen LogP contribution in [0, 0.1) is 11.3 Å². The van der Waals surface area contributed by atoms with Crippen LogP contribution in [0.15, 0.2) is 22.7 Å². The van der Waals surface area contributed by atoms with Gasteiger partial charge in [0.25, 0.3) is 0 Å². The lowest BCUT2D eigenvalue weighted by Gasteiger charge is -2.43. The Labute approximate surface area is 121 Å². The lowest BCUT2D eigenvalue weighted by Crippen LogP contribution is -2.56. The Hall–Kier alpha value is -1.09. The van der Waals surface area contributed by atoms with Gasteiger partial charge in [-0.15, -0.1) is 0 Å². The fourth-order valence-electron chi connectivity index (χ4n) is 2.32. The summed E-state index contributed by atoms with van der Waals surface area (Å²) >= 11 is 3.47. The quantitative estimate of drug-likeness (QED) is 0.904. The van der Waals surface area contributed by atoms with Crippen LogP contribution in [0.4, 0.5) is 5.69 Å². The predicted octanol–water partition coefficient (Wildman–Crippen LogP) is 2.93. The van der Waals surface area contributed by atoms with Gasteiger partial charge in [0.2, 0.25) is 0 Å². The number of rotatable bonds is 5. The molecule has 0 bridgehead atoms. The van der Waals surface area contributed by atoms with E-state index in [0.717, 1.165) is 16.6 Å². The number of nitrogens with one attached hydrogen (secondary N) is 1. The molecule has 1 N–H and O–H groups in total. The highest BCUT2D eigenvalue weighted by Gasteiger charge is 2.42. The Morgan fingerprint density at radius 2 is 2.32 bits per heavy atom. The normalized spacial score (nSPS) is 25.5. The zero-order valence-electron chi connectivity index (χ0n) is 11.0. The summed E-state index contributed by atoms with van der Waals surface area (Å²) < 4.78 is 12.0. The summed E-state index contributed by atoms with van der Waals surface area (Å²) in [5.41, 5.74) is 1.61. The second-order valence-electron chi connectivity index (χ2n) is 4.49. The van der Waals surface area contributed by atoms with Crippen LogP contribution >= 0.6 is 15.9 Å². The number of ether oxygens (including phenoxy) is 2. The minimum absolute atomic E-state index is 0.0718. The van der Waals surface area contributed by atoms with E-state index < -0.39 is 0 Å². The van der Waals surface area contributed by atoms with Gasteiger partial charge in [-0.2, -0.15) is 5.26 Å². The molecule has 1 aromatic carbocycles. The maximum Gasteiger partial charge on any atom is 0.103 e. The van der Waals surface area contributed by atoms with Crippen LogP contribution in [0.3, 0.4) is 0 Å². The van der Waals surface area contributed by atoms with Crippen LogP contribution in [-0.4, -0.2) is 32.0 Å². The van der Waals surface area contributed by atoms with Gasteiger partial charge in [0.05, 0.1) is 23.8 Å². The van der Waals surface area contributed by atoms with Gasteiger partial charge in [-0.25, -0.2) is 0 Å². The van der Waals surface area contributed by atoms with E-state index in [-0.39, 0.29) is 18.2 Å². The van der Waals surface area contributed by atoms with Gasteiger partial charge in [0.1, 0.15) is 6.10 Å². The van der Waals surface area contributed by atoms with E-state index in [9.17, 15) is 0 Å². The monoisotopic (exact) mass is 324 g/mol. The average molecular weight is 325 g/mol. The molecule has 0 aromatic heterocycles. The Morgan fingerprint density at radius 1 is 1.53 bits per heavy atom. The summed E-state index contributed by atoms with van der Waals surface area (Å²) in [7, 11) is 1.71. The van der Waals surface area contributed by atoms with Crippen LogP contribution in [0.1, 0.15) is 18.9 Å². The third-order valence-electron chi connectivity index (χ3n) is 3.34. The third kappa shape index (κ3) is 3.08. The number of methoxy groups -OCH3 is 1. The van der Waals surface area contributed by atoms with Crippen molar-refractivity contribution in [3.63, 3.8) is 0 Å². The molecule has 4 nitrogen and oxygen atoms in total. The topological polar surface area (TPSA) is 54.3 Å². The molecule has 5 heteroatoms. The molecule has 0 amide bonds. The van der Waals surface area contributed by atoms with Crippen molar-refractivity contribution in [3.05, 3.63) is 28.2 Å². The number of benzene rings is 1. The molecular formula is C14H17BrN2O2. The molecule has 3 unspecified atom stereocenters. The molecule has 1 fully saturated rings. The van der Waals surface area contributed by atoms with Crippen LogP contribution in [0.5, 0.6) is 0 Å². The molecule has 1 saturated carbocycles. The number of hydrogen-bond donors (Lipinski definition) is 1. The van der Waals surface area contributed by atoms with Crippen molar-refractivity contribution in [2.24, 2.45) is 0 Å². The van der Waals surface area contributed by atoms with Crippen LogP contribution < -0.4 is 5.32 Å². The zero-order valence-corrected chi connectivity index (χ0v) is 12.6. The molecule has 1 aliphatic rings. The van der Waals surface area contributed by atoms with Gasteiger partial charge in [-0.1, -0.05) is 0 Å². The fraction of sp³-hybridized carbons (Fsp3) is 0.500. The predicted molar refractivity (Wildman–Crippen MR) is 77.1 cm³/mol. The zero-order chi connectivity index (χ0) is 13.8. The molecule has 1 aromatic rings. The summed E-state index contributed by atoms with van der Waals surface area (Å²) in [6.45, 7) is 2.70. The first-order valence-corrected chi connectivity index (χ1v) is 7.09. The van der Waals surface area contributed by atoms with Crippen molar-refractivity contribution in [2.45, 2.75) is 31.6 Å². The summed E-state index contributed by atoms with van der Waals surface area (Å²) in [6, 6.07) is 7.87. The summed E-state index contributed by atoms with van der Waals surface area (Å²) in [4.78, 5) is 0. The van der Waals surface area contributed by atoms with Gasteiger partial charge >= 0.3 is 0 Å². The molecule has 3 atom stereocenters. The summed E-state index contributed by atoms with van der Waals surface area (Å²) in [5.74, 6) is 0. The molecule has 0 saturated heterocycles. The molecule has 0 radical (unpaired) electrons. The van der Waals surface area contributed by atoms with Crippen molar-refractivity contribution < 1.29 is 9.47 Å². The summed E-state index contributed by atoms with van der Waals surface area (Å²) in [6.07, 6.45) is 1.17. The Kier molecular flexibility index (Phi) is 4.81. The Balaban J connectivity index is 2.01. The molecule has 1 aliphatic carbocycles. The minimum Gasteiger partial charge on any atom is -0.379 e. The number of halogens is 1. The SMILES string of the molecule is CCOC1CC(Nc2ccc(C#N)cc2Br)C1OC. The van der Waals surface area contributed by atoms with E-state index in [2.05, 4.69) is 27.3 Å². The van der Waals surface area contributed by atoms with E-state index in [1.54, 1.807) is 13.2 Å². The Morgan fingerprint density at radius 3 is 2.89 bits per heavy atom. The van der Waals surface area contributed by atoms with Crippen molar-refractivity contribution in [1.29, 1.82) is 5.26 Å². The van der Waals surface area contributed by atoms with E-state index in [1.807, 2.05) is 19.1 Å². The second kappa shape index (κ2) is 6.38. The van der Waals surface area contributed by atoms with E-state index in [0.29, 0.717) is 12.2 Å². The van der Waals surface area contributed by atoms with Crippen LogP contribution in [0.2, 0.25) is 0 Å². The van der Waals surface area contributed by atoms with E-state index in [4.69, 9.17) is 14.7 Å². The molecule has 2 rings (SSSR count). The number of nitriles is 1. The standard InChI is InChI=1S/C14H17BrN2O2/c1-3-19-13-7-12(14(13)18-2)17-11-5-4-9(8-16)6-10(11)15/h4-6,12-14,17H,3,7H2,1-2H3. The van der Waals surface area contributed by atoms with Gasteiger partial charge in [0.15, 0.2) is 0 Å². The number of hydrogen-bond acceptors (Lipinski definition) is 4. The highest BCUT2D eigenvalue weighted by molar-refractivity contribution is 9.10. The first-order valence-electron chi connectivity index (χ1n) is 6.30. The molecular weight excluding hydrogens is 308 g/mol. The lowest BCUT2D eigenvalue weighted by atomic mass is 9.85. The fourth-order valence-corrected chi connectivity index (χ4v) is 2.81. The average Bonchev–Trinajstić information content (AvgIpc) is 2.39. The maximum absolute atomic E-state index is 8.84. The first-order chi connectivity index (χ1) is 9.19. The first kappa shape index (κ1) is 14.3. The van der Waals surface area contributed by atoms with Crippen LogP contribution in [-0.2, 0) is 9.47 Å². The van der Waals surface area contributed by atoms with Gasteiger partial charge < -0.3 is 14.8 Å². The van der Waals surface area contributed by atoms with Gasteiger partial charge in [-0.3, -0.25) is 0 Å². The van der Waals surface area contributed by atoms with E-state index in [1.165, 1.54) is 0 Å². The lowest BCUT2D eigenvalue weighted by molar-refractivity contribution is -0.118. The third-order valence-corrected chi connectivity index (χ3v) is 4.00. The minimum atomic E-state index is 0.0718. The maximum atomic E-state index is 8.84. The van der Waals surface area contributed by atoms with Crippen molar-refractivity contribution in [2.75, 3.05) is 19.0 Å². The molecule has 0 heterocycles. The molecule has 19 heavy (non-hydrogen) atoms. The highest BCUT2D eigenvalue weighted by Crippen LogP contribution is 2.32. The largest absolute Gasteiger partial charge is 0.379 e. The summed E-state index contributed by atoms with van der Waals surface area (Å²) in [5, 5.41) is 12.3. The van der Waals surface area contributed by atoms with Crippen molar-refractivity contribution in [1.82, 2.24) is 0 Å².